The second-order valence-electron chi connectivity index (χ2n) is 17.9. The van der Waals surface area contributed by atoms with Crippen molar-refractivity contribution in [3.63, 3.8) is 0 Å². The minimum atomic E-state index is -1.34. The number of hydrogen-bond donors (Lipinski definition) is 4. The molecule has 0 saturated carbocycles. The standard InChI is InChI=1S/C26H26N2O6.C17H17N3O2.C8H8O4/c29-18(21-19-13-14-20(34-19)22(21)23(30)31)12-7-15-28-24(32)26(27-25(28)33,16-8-3-1-4-9-16)17-10-5-2-6-11-17;18-11-12-20-15(21)17(19-16(20)22,13-7-3-1-4-8-13)14-9-5-2-6-10-14;9-7-5-3-1-2-4(11-3)6(5)8(10)12-7/h1-6,8-11,19-22H,7,12-15H2,(H,27,33)(H,30,31);1-10H,11-12,18H2,(H,19,22);3-6H,1-2H2. The maximum Gasteiger partial charge on any atom is 0.325 e. The highest BCUT2D eigenvalue weighted by Gasteiger charge is 2.61. The van der Waals surface area contributed by atoms with Crippen LogP contribution in [0.2, 0.25) is 0 Å². The molecular weight excluding hydrogens is 875 g/mol. The van der Waals surface area contributed by atoms with E-state index in [1.807, 2.05) is 97.1 Å². The molecule has 7 aliphatic heterocycles. The van der Waals surface area contributed by atoms with E-state index in [0.717, 1.165) is 28.9 Å². The Kier molecular flexibility index (Phi) is 12.8. The van der Waals surface area contributed by atoms with E-state index in [-0.39, 0.29) is 86.3 Å². The Labute approximate surface area is 391 Å². The molecular formula is C51H51N5O12. The van der Waals surface area contributed by atoms with Gasteiger partial charge in [0.1, 0.15) is 5.78 Å². The molecule has 7 heterocycles. The van der Waals surface area contributed by atoms with E-state index in [2.05, 4.69) is 15.4 Å². The quantitative estimate of drug-likeness (QED) is 0.0894. The number of Topliss-reactive ketones (excluding diaryl/α,β-unsaturated/α-hetero) is 1. The van der Waals surface area contributed by atoms with Gasteiger partial charge in [-0.05, 0) is 54.4 Å². The lowest BCUT2D eigenvalue weighted by atomic mass is 9.76. The fourth-order valence-corrected chi connectivity index (χ4v) is 11.0. The molecule has 4 aromatic rings. The van der Waals surface area contributed by atoms with Gasteiger partial charge in [0.2, 0.25) is 0 Å². The monoisotopic (exact) mass is 925 g/mol. The molecule has 68 heavy (non-hydrogen) atoms. The summed E-state index contributed by atoms with van der Waals surface area (Å²) < 4.78 is 15.7. The topological polar surface area (TPSA) is 241 Å². The minimum Gasteiger partial charge on any atom is -0.481 e. The van der Waals surface area contributed by atoms with Crippen LogP contribution in [0.1, 0.15) is 60.8 Å². The smallest absolute Gasteiger partial charge is 0.325 e. The summed E-state index contributed by atoms with van der Waals surface area (Å²) in [4.78, 5) is 101. The third-order valence-electron chi connectivity index (χ3n) is 14.1. The largest absolute Gasteiger partial charge is 0.481 e. The van der Waals surface area contributed by atoms with Crippen molar-refractivity contribution < 1.29 is 57.7 Å². The SMILES string of the molecule is NCCN1C(=O)NC(c2ccccc2)(c2ccccc2)C1=O.O=C(O)C1C2CCC(O2)C1C(=O)CCCN1C(=O)NC(c2ccccc2)(c2ccccc2)C1=O.O=C1OC(=O)C2C3CCC(O3)C12. The van der Waals surface area contributed by atoms with Crippen LogP contribution in [0.5, 0.6) is 0 Å². The molecule has 11 rings (SSSR count). The van der Waals surface area contributed by atoms with Crippen LogP contribution < -0.4 is 16.4 Å². The molecule has 7 fully saturated rings. The lowest BCUT2D eigenvalue weighted by Crippen LogP contribution is -2.45. The first-order chi connectivity index (χ1) is 32.9. The van der Waals surface area contributed by atoms with E-state index < -0.39 is 53.0 Å². The lowest BCUT2D eigenvalue weighted by molar-refractivity contribution is -0.156. The van der Waals surface area contributed by atoms with Gasteiger partial charge in [0, 0.05) is 26.1 Å². The van der Waals surface area contributed by atoms with Gasteiger partial charge in [-0.25, -0.2) is 9.59 Å². The number of nitrogens with one attached hydrogen (secondary N) is 2. The number of ether oxygens (including phenoxy) is 3. The summed E-state index contributed by atoms with van der Waals surface area (Å²) in [6.45, 7) is 0.502. The van der Waals surface area contributed by atoms with Crippen LogP contribution in [-0.4, -0.2) is 107 Å². The van der Waals surface area contributed by atoms with Crippen molar-refractivity contribution in [2.24, 2.45) is 29.4 Å². The number of cyclic esters (lactones) is 2. The Bertz CT molecular complexity index is 2490. The first-order valence-electron chi connectivity index (χ1n) is 22.9. The number of benzene rings is 4. The highest BCUT2D eigenvalue weighted by molar-refractivity contribution is 6.10. The van der Waals surface area contributed by atoms with Crippen molar-refractivity contribution in [2.45, 2.75) is 74.0 Å². The Morgan fingerprint density at radius 2 is 0.926 bits per heavy atom. The van der Waals surface area contributed by atoms with Crippen molar-refractivity contribution >= 4 is 47.6 Å². The molecule has 0 aliphatic carbocycles. The van der Waals surface area contributed by atoms with Crippen molar-refractivity contribution in [1.29, 1.82) is 0 Å². The second kappa shape index (κ2) is 18.9. The predicted octanol–water partition coefficient (Wildman–Crippen LogP) is 4.01. The van der Waals surface area contributed by atoms with Crippen LogP contribution in [0.4, 0.5) is 9.59 Å². The first-order valence-corrected chi connectivity index (χ1v) is 22.9. The maximum absolute atomic E-state index is 13.7. The van der Waals surface area contributed by atoms with E-state index in [1.165, 1.54) is 4.90 Å². The number of nitrogens with two attached hydrogens (primary N) is 1. The summed E-state index contributed by atoms with van der Waals surface area (Å²) in [5.41, 5.74) is 5.78. The first kappa shape index (κ1) is 46.0. The van der Waals surface area contributed by atoms with Gasteiger partial charge in [-0.15, -0.1) is 0 Å². The molecule has 7 saturated heterocycles. The van der Waals surface area contributed by atoms with Crippen molar-refractivity contribution in [2.75, 3.05) is 19.6 Å². The van der Waals surface area contributed by atoms with E-state index >= 15 is 0 Å². The van der Waals surface area contributed by atoms with Crippen LogP contribution in [0, 0.1) is 23.7 Å². The fourth-order valence-electron chi connectivity index (χ4n) is 11.0. The van der Waals surface area contributed by atoms with Crippen LogP contribution >= 0.6 is 0 Å². The Hall–Kier alpha value is -7.08. The number of ketones is 1. The molecule has 17 nitrogen and oxygen atoms in total. The third kappa shape index (κ3) is 7.93. The fraction of sp³-hybridized carbons (Fsp3) is 0.373. The zero-order valence-corrected chi connectivity index (χ0v) is 36.9. The Morgan fingerprint density at radius 3 is 1.32 bits per heavy atom. The molecule has 5 N–H and O–H groups in total. The summed E-state index contributed by atoms with van der Waals surface area (Å²) in [5.74, 6) is -4.66. The van der Waals surface area contributed by atoms with Gasteiger partial charge in [-0.2, -0.15) is 0 Å². The van der Waals surface area contributed by atoms with Crippen molar-refractivity contribution in [3.8, 4) is 0 Å². The summed E-state index contributed by atoms with van der Waals surface area (Å²) >= 11 is 0. The number of hydrogen-bond acceptors (Lipinski definition) is 12. The Balaban J connectivity index is 0.000000144. The number of imide groups is 2. The minimum absolute atomic E-state index is 0.0426. The van der Waals surface area contributed by atoms with Gasteiger partial charge in [0.25, 0.3) is 11.8 Å². The number of amides is 6. The van der Waals surface area contributed by atoms with Gasteiger partial charge in [0.15, 0.2) is 11.1 Å². The molecule has 8 atom stereocenters. The number of rotatable bonds is 12. The lowest BCUT2D eigenvalue weighted by Gasteiger charge is -2.28. The van der Waals surface area contributed by atoms with Crippen LogP contribution in [0.25, 0.3) is 0 Å². The molecule has 352 valence electrons. The van der Waals surface area contributed by atoms with Gasteiger partial charge in [-0.3, -0.25) is 38.6 Å². The van der Waals surface area contributed by atoms with E-state index in [1.54, 1.807) is 24.3 Å². The number of esters is 2. The maximum atomic E-state index is 13.7. The predicted molar refractivity (Wildman–Crippen MR) is 240 cm³/mol. The van der Waals surface area contributed by atoms with E-state index in [9.17, 15) is 43.5 Å². The number of aliphatic carboxylic acids is 1. The van der Waals surface area contributed by atoms with Crippen LogP contribution in [-0.2, 0) is 54.1 Å². The number of carboxylic acids is 1. The molecule has 7 aliphatic rings. The normalized spacial score (nSPS) is 27.7. The molecule has 0 aromatic heterocycles. The average molecular weight is 926 g/mol. The number of carbonyl (C=O) groups is 8. The summed E-state index contributed by atoms with van der Waals surface area (Å²) in [5, 5.41) is 15.3. The van der Waals surface area contributed by atoms with E-state index in [0.29, 0.717) is 24.0 Å². The van der Waals surface area contributed by atoms with Gasteiger partial charge < -0.3 is 35.7 Å². The summed E-state index contributed by atoms with van der Waals surface area (Å²) in [7, 11) is 0. The molecule has 17 heteroatoms. The second-order valence-corrected chi connectivity index (χ2v) is 17.9. The number of urea groups is 2. The van der Waals surface area contributed by atoms with Gasteiger partial charge in [-0.1, -0.05) is 121 Å². The van der Waals surface area contributed by atoms with Gasteiger partial charge in [0.05, 0.1) is 48.1 Å². The number of carbonyl (C=O) groups excluding carboxylic acids is 7. The van der Waals surface area contributed by atoms with E-state index in [4.69, 9.17) is 15.2 Å². The number of nitrogens with zero attached hydrogens (tertiary/aromatic N) is 2. The average Bonchev–Trinajstić information content (AvgIpc) is 4.26. The highest BCUT2D eigenvalue weighted by Crippen LogP contribution is 2.48. The van der Waals surface area contributed by atoms with Crippen LogP contribution in [0.3, 0.4) is 0 Å². The summed E-state index contributed by atoms with van der Waals surface area (Å²) in [6, 6.07) is 35.8. The molecule has 0 radical (unpaired) electrons. The summed E-state index contributed by atoms with van der Waals surface area (Å²) in [6.07, 6.45) is 2.66. The number of carboxylic acid groups (broad SMARTS) is 1. The molecule has 6 amide bonds. The zero-order valence-electron chi connectivity index (χ0n) is 36.9. The number of fused-ring (bicyclic) bond motifs is 7. The molecule has 0 spiro atoms. The highest BCUT2D eigenvalue weighted by atomic mass is 16.6. The molecule has 4 bridgehead atoms. The zero-order chi connectivity index (χ0) is 47.7. The third-order valence-corrected chi connectivity index (χ3v) is 14.1. The molecule has 4 aromatic carbocycles. The van der Waals surface area contributed by atoms with Crippen molar-refractivity contribution in [1.82, 2.24) is 20.4 Å². The van der Waals surface area contributed by atoms with Crippen LogP contribution in [0.15, 0.2) is 121 Å². The molecule has 8 unspecified atom stereocenters. The Morgan fingerprint density at radius 1 is 0.559 bits per heavy atom. The van der Waals surface area contributed by atoms with Gasteiger partial charge >= 0.3 is 30.0 Å². The van der Waals surface area contributed by atoms with Crippen molar-refractivity contribution in [3.05, 3.63) is 144 Å².